The van der Waals surface area contributed by atoms with Gasteiger partial charge in [0.05, 0.1) is 5.69 Å². The zero-order chi connectivity index (χ0) is 12.5. The number of nitrogens with zero attached hydrogens (tertiary/aromatic N) is 1. The van der Waals surface area contributed by atoms with Crippen molar-refractivity contribution in [3.05, 3.63) is 42.2 Å². The summed E-state index contributed by atoms with van der Waals surface area (Å²) in [6.45, 7) is 4.54. The molecule has 3 rings (SSSR count). The maximum Gasteiger partial charge on any atom is 0.0570 e. The summed E-state index contributed by atoms with van der Waals surface area (Å²) >= 11 is 0. The van der Waals surface area contributed by atoms with Crippen LogP contribution >= 0.6 is 0 Å². The molecule has 5 atom stereocenters. The number of fused-ring (bicyclic) bond motifs is 2. The molecule has 96 valence electrons. The minimum atomic E-state index is 0.337. The van der Waals surface area contributed by atoms with Crippen molar-refractivity contribution in [1.29, 1.82) is 0 Å². The Balaban J connectivity index is 1.61. The number of aromatic nitrogens is 1. The lowest BCUT2D eigenvalue weighted by atomic mass is 9.87. The Morgan fingerprint density at radius 2 is 2.11 bits per heavy atom. The van der Waals surface area contributed by atoms with Crippen molar-refractivity contribution >= 4 is 0 Å². The van der Waals surface area contributed by atoms with Gasteiger partial charge in [-0.15, -0.1) is 0 Å². The lowest BCUT2D eigenvalue weighted by molar-refractivity contribution is 0.305. The number of pyridine rings is 1. The number of nitrogens with one attached hydrogen (secondary N) is 1. The Morgan fingerprint density at radius 3 is 2.72 bits per heavy atom. The summed E-state index contributed by atoms with van der Waals surface area (Å²) in [7, 11) is 0. The van der Waals surface area contributed by atoms with E-state index < -0.39 is 0 Å². The highest BCUT2D eigenvalue weighted by atomic mass is 15.0. The van der Waals surface area contributed by atoms with Gasteiger partial charge in [-0.05, 0) is 56.6 Å². The van der Waals surface area contributed by atoms with Crippen molar-refractivity contribution in [2.24, 2.45) is 17.8 Å². The zero-order valence-corrected chi connectivity index (χ0v) is 11.2. The minimum absolute atomic E-state index is 0.337. The van der Waals surface area contributed by atoms with E-state index in [1.165, 1.54) is 12.8 Å². The molecule has 0 radical (unpaired) electrons. The van der Waals surface area contributed by atoms with Crippen LogP contribution in [-0.2, 0) is 0 Å². The number of allylic oxidation sites excluding steroid dienone is 2. The molecule has 0 aliphatic heterocycles. The summed E-state index contributed by atoms with van der Waals surface area (Å²) in [4.78, 5) is 4.43. The van der Waals surface area contributed by atoms with Crippen LogP contribution in [-0.4, -0.2) is 11.0 Å². The van der Waals surface area contributed by atoms with Crippen LogP contribution in [0.15, 0.2) is 36.5 Å². The van der Waals surface area contributed by atoms with Gasteiger partial charge in [0.1, 0.15) is 0 Å². The third-order valence-electron chi connectivity index (χ3n) is 4.62. The van der Waals surface area contributed by atoms with Crippen LogP contribution in [0.25, 0.3) is 0 Å². The highest BCUT2D eigenvalue weighted by Crippen LogP contribution is 2.45. The number of rotatable bonds is 4. The molecule has 1 saturated carbocycles. The van der Waals surface area contributed by atoms with Gasteiger partial charge in [0, 0.05) is 18.3 Å². The lowest BCUT2D eigenvalue weighted by Crippen LogP contribution is -2.37. The maximum absolute atomic E-state index is 4.43. The van der Waals surface area contributed by atoms with Crippen molar-refractivity contribution in [3.63, 3.8) is 0 Å². The van der Waals surface area contributed by atoms with Gasteiger partial charge in [-0.1, -0.05) is 18.2 Å². The Hall–Kier alpha value is -1.15. The first-order chi connectivity index (χ1) is 8.74. The van der Waals surface area contributed by atoms with Crippen molar-refractivity contribution in [2.45, 2.75) is 38.8 Å². The third-order valence-corrected chi connectivity index (χ3v) is 4.62. The van der Waals surface area contributed by atoms with Gasteiger partial charge in [0.25, 0.3) is 0 Å². The fourth-order valence-corrected chi connectivity index (χ4v) is 3.63. The summed E-state index contributed by atoms with van der Waals surface area (Å²) in [5.41, 5.74) is 1.14. The molecule has 0 saturated heterocycles. The Morgan fingerprint density at radius 1 is 1.22 bits per heavy atom. The summed E-state index contributed by atoms with van der Waals surface area (Å²) < 4.78 is 0. The molecule has 1 N–H and O–H groups in total. The summed E-state index contributed by atoms with van der Waals surface area (Å²) in [6.07, 6.45) is 9.47. The topological polar surface area (TPSA) is 24.9 Å². The minimum Gasteiger partial charge on any atom is -0.306 e. The molecule has 0 spiro atoms. The average molecular weight is 242 g/mol. The predicted molar refractivity (Wildman–Crippen MR) is 74.1 cm³/mol. The second kappa shape index (κ2) is 4.85. The molecule has 1 aromatic rings. The summed E-state index contributed by atoms with van der Waals surface area (Å²) in [5.74, 6) is 2.48. The van der Waals surface area contributed by atoms with Crippen LogP contribution in [0, 0.1) is 17.8 Å². The van der Waals surface area contributed by atoms with Crippen molar-refractivity contribution < 1.29 is 0 Å². The number of hydrogen-bond acceptors (Lipinski definition) is 2. The Labute approximate surface area is 110 Å². The fourth-order valence-electron chi connectivity index (χ4n) is 3.63. The first-order valence-corrected chi connectivity index (χ1v) is 7.09. The normalized spacial score (nSPS) is 32.7. The van der Waals surface area contributed by atoms with Gasteiger partial charge in [-0.3, -0.25) is 4.98 Å². The van der Waals surface area contributed by atoms with E-state index in [4.69, 9.17) is 0 Å². The maximum atomic E-state index is 4.43. The van der Waals surface area contributed by atoms with Crippen molar-refractivity contribution in [1.82, 2.24) is 10.3 Å². The van der Waals surface area contributed by atoms with E-state index in [2.05, 4.69) is 48.4 Å². The highest BCUT2D eigenvalue weighted by Gasteiger charge is 2.38. The van der Waals surface area contributed by atoms with Crippen LogP contribution < -0.4 is 5.32 Å². The van der Waals surface area contributed by atoms with Gasteiger partial charge in [0.2, 0.25) is 0 Å². The van der Waals surface area contributed by atoms with Crippen LogP contribution in [0.2, 0.25) is 0 Å². The molecule has 2 bridgehead atoms. The molecule has 0 aromatic carbocycles. The van der Waals surface area contributed by atoms with E-state index in [1.807, 2.05) is 12.3 Å². The Bertz CT molecular complexity index is 426. The second-order valence-corrected chi connectivity index (χ2v) is 5.88. The van der Waals surface area contributed by atoms with Gasteiger partial charge in [0.15, 0.2) is 0 Å². The summed E-state index contributed by atoms with van der Waals surface area (Å²) in [6, 6.07) is 7.04. The molecule has 2 aliphatic carbocycles. The molecule has 0 amide bonds. The van der Waals surface area contributed by atoms with E-state index >= 15 is 0 Å². The van der Waals surface area contributed by atoms with Crippen LogP contribution in [0.3, 0.4) is 0 Å². The largest absolute Gasteiger partial charge is 0.306 e. The smallest absolute Gasteiger partial charge is 0.0570 e. The van der Waals surface area contributed by atoms with Gasteiger partial charge >= 0.3 is 0 Å². The molecule has 4 unspecified atom stereocenters. The first-order valence-electron chi connectivity index (χ1n) is 7.09. The molecule has 2 nitrogen and oxygen atoms in total. The van der Waals surface area contributed by atoms with Crippen LogP contribution in [0.4, 0.5) is 0 Å². The van der Waals surface area contributed by atoms with Gasteiger partial charge in [-0.25, -0.2) is 0 Å². The average Bonchev–Trinajstić information content (AvgIpc) is 3.02. The molecule has 1 aromatic heterocycles. The van der Waals surface area contributed by atoms with E-state index in [1.54, 1.807) is 0 Å². The summed E-state index contributed by atoms with van der Waals surface area (Å²) in [5, 5.41) is 3.73. The predicted octanol–water partition coefficient (Wildman–Crippen LogP) is 3.33. The van der Waals surface area contributed by atoms with Gasteiger partial charge in [-0.2, -0.15) is 0 Å². The second-order valence-electron chi connectivity index (χ2n) is 5.88. The molecule has 1 fully saturated rings. The fraction of sp³-hybridized carbons (Fsp3) is 0.562. The van der Waals surface area contributed by atoms with Crippen molar-refractivity contribution in [2.75, 3.05) is 0 Å². The Kier molecular flexibility index (Phi) is 3.21. The van der Waals surface area contributed by atoms with Crippen LogP contribution in [0.1, 0.15) is 38.4 Å². The molecule has 2 heteroatoms. The van der Waals surface area contributed by atoms with Crippen molar-refractivity contribution in [3.8, 4) is 0 Å². The highest BCUT2D eigenvalue weighted by molar-refractivity contribution is 5.13. The third kappa shape index (κ3) is 2.22. The van der Waals surface area contributed by atoms with E-state index in [0.717, 1.165) is 23.4 Å². The standard InChI is InChI=1S/C16H22N2/c1-11(15-10-13-6-7-14(15)9-13)18-12(2)16-5-3-4-8-17-16/h3-8,11-15,18H,9-10H2,1-2H3/t11?,12-,13?,14?,15?/m0/s1. The zero-order valence-electron chi connectivity index (χ0n) is 11.2. The SMILES string of the molecule is CC(N[C@@H](C)c1ccccn1)C1CC2C=CC1C2. The van der Waals surface area contributed by atoms with E-state index in [0.29, 0.717) is 12.1 Å². The van der Waals surface area contributed by atoms with Gasteiger partial charge < -0.3 is 5.32 Å². The molecule has 1 heterocycles. The molecule has 18 heavy (non-hydrogen) atoms. The van der Waals surface area contributed by atoms with E-state index in [9.17, 15) is 0 Å². The molecule has 2 aliphatic rings. The number of hydrogen-bond donors (Lipinski definition) is 1. The van der Waals surface area contributed by atoms with E-state index in [-0.39, 0.29) is 0 Å². The quantitative estimate of drug-likeness (QED) is 0.819. The first kappa shape index (κ1) is 11.9. The monoisotopic (exact) mass is 242 g/mol. The van der Waals surface area contributed by atoms with Crippen LogP contribution in [0.5, 0.6) is 0 Å². The lowest BCUT2D eigenvalue weighted by Gasteiger charge is -2.29. The molecular formula is C16H22N2. The molecular weight excluding hydrogens is 220 g/mol.